The Morgan fingerprint density at radius 1 is 0.833 bits per heavy atom. The van der Waals surface area contributed by atoms with Crippen LogP contribution >= 0.6 is 35.4 Å². The number of halogens is 2. The van der Waals surface area contributed by atoms with Gasteiger partial charge in [-0.25, -0.2) is 0 Å². The Labute approximate surface area is 189 Å². The van der Waals surface area contributed by atoms with Crippen molar-refractivity contribution in [2.45, 2.75) is 6.42 Å². The molecule has 0 aromatic heterocycles. The van der Waals surface area contributed by atoms with Gasteiger partial charge in [-0.3, -0.25) is 14.9 Å². The number of carbonyl (C=O) groups excluding carboxylic acids is 2. The van der Waals surface area contributed by atoms with Crippen LogP contribution in [0.5, 0.6) is 0 Å². The summed E-state index contributed by atoms with van der Waals surface area (Å²) in [5.41, 5.74) is 2.52. The first-order valence-corrected chi connectivity index (χ1v) is 10.1. The Bertz CT molecular complexity index is 1070. The van der Waals surface area contributed by atoms with Gasteiger partial charge >= 0.3 is 0 Å². The van der Waals surface area contributed by atoms with E-state index in [1.165, 1.54) is 12.1 Å². The molecule has 3 N–H and O–H groups in total. The van der Waals surface area contributed by atoms with E-state index in [0.717, 1.165) is 5.56 Å². The summed E-state index contributed by atoms with van der Waals surface area (Å²) in [4.78, 5) is 24.4. The summed E-state index contributed by atoms with van der Waals surface area (Å²) in [5.74, 6) is -0.552. The van der Waals surface area contributed by atoms with E-state index in [-0.39, 0.29) is 21.6 Å². The van der Waals surface area contributed by atoms with Crippen LogP contribution in [0.15, 0.2) is 72.8 Å². The van der Waals surface area contributed by atoms with Crippen LogP contribution in [0.4, 0.5) is 11.4 Å². The molecule has 3 aromatic carbocycles. The fourth-order valence-corrected chi connectivity index (χ4v) is 3.33. The quantitative estimate of drug-likeness (QED) is 0.454. The molecule has 0 atom stereocenters. The summed E-state index contributed by atoms with van der Waals surface area (Å²) < 4.78 is 0. The summed E-state index contributed by atoms with van der Waals surface area (Å²) in [5, 5.41) is 9.11. The summed E-state index contributed by atoms with van der Waals surface area (Å²) >= 11 is 17.0. The lowest BCUT2D eigenvalue weighted by Gasteiger charge is -2.11. The van der Waals surface area contributed by atoms with Crippen LogP contribution in [0, 0.1) is 0 Å². The third-order valence-electron chi connectivity index (χ3n) is 4.04. The van der Waals surface area contributed by atoms with E-state index < -0.39 is 5.91 Å². The van der Waals surface area contributed by atoms with Crippen LogP contribution < -0.4 is 16.0 Å². The molecule has 2 amide bonds. The topological polar surface area (TPSA) is 70.2 Å². The normalized spacial score (nSPS) is 10.2. The smallest absolute Gasteiger partial charge is 0.258 e. The fourth-order valence-electron chi connectivity index (χ4n) is 2.63. The molecule has 0 radical (unpaired) electrons. The summed E-state index contributed by atoms with van der Waals surface area (Å²) in [6.45, 7) is 0. The highest BCUT2D eigenvalue weighted by Gasteiger charge is 2.12. The van der Waals surface area contributed by atoms with Gasteiger partial charge in [0.1, 0.15) is 0 Å². The highest BCUT2D eigenvalue weighted by Crippen LogP contribution is 2.21. The zero-order valence-electron chi connectivity index (χ0n) is 15.6. The van der Waals surface area contributed by atoms with E-state index in [0.29, 0.717) is 22.8 Å². The highest BCUT2D eigenvalue weighted by molar-refractivity contribution is 7.80. The SMILES string of the molecule is O=C(Cc1ccccc1)Nc1ccc(NC(=S)NC(=O)c2ccc(Cl)cc2Cl)cc1. The van der Waals surface area contributed by atoms with Crippen molar-refractivity contribution >= 4 is 63.7 Å². The minimum absolute atomic E-state index is 0.107. The van der Waals surface area contributed by atoms with Crippen molar-refractivity contribution in [3.8, 4) is 0 Å². The predicted molar refractivity (Wildman–Crippen MR) is 125 cm³/mol. The molecule has 30 heavy (non-hydrogen) atoms. The number of anilines is 2. The highest BCUT2D eigenvalue weighted by atomic mass is 35.5. The van der Waals surface area contributed by atoms with Gasteiger partial charge in [0.25, 0.3) is 5.91 Å². The second kappa shape index (κ2) is 10.2. The molecule has 152 valence electrons. The number of thiocarbonyl (C=S) groups is 1. The first kappa shape index (κ1) is 21.8. The van der Waals surface area contributed by atoms with E-state index in [4.69, 9.17) is 35.4 Å². The number of nitrogens with one attached hydrogen (secondary N) is 3. The molecule has 0 saturated heterocycles. The average Bonchev–Trinajstić information content (AvgIpc) is 2.70. The van der Waals surface area contributed by atoms with Crippen molar-refractivity contribution in [1.29, 1.82) is 0 Å². The van der Waals surface area contributed by atoms with Crippen LogP contribution in [0.25, 0.3) is 0 Å². The molecule has 3 aromatic rings. The third kappa shape index (κ3) is 6.29. The second-order valence-electron chi connectivity index (χ2n) is 6.32. The minimum Gasteiger partial charge on any atom is -0.332 e. The summed E-state index contributed by atoms with van der Waals surface area (Å²) in [6, 6.07) is 21.0. The van der Waals surface area contributed by atoms with Gasteiger partial charge in [0.05, 0.1) is 17.0 Å². The molecular weight excluding hydrogens is 441 g/mol. The lowest BCUT2D eigenvalue weighted by atomic mass is 10.1. The van der Waals surface area contributed by atoms with E-state index in [9.17, 15) is 9.59 Å². The van der Waals surface area contributed by atoms with E-state index in [1.807, 2.05) is 30.3 Å². The van der Waals surface area contributed by atoms with Crippen molar-refractivity contribution in [3.63, 3.8) is 0 Å². The lowest BCUT2D eigenvalue weighted by molar-refractivity contribution is -0.115. The van der Waals surface area contributed by atoms with Crippen LogP contribution in [0.2, 0.25) is 10.0 Å². The van der Waals surface area contributed by atoms with E-state index in [1.54, 1.807) is 30.3 Å². The average molecular weight is 458 g/mol. The monoisotopic (exact) mass is 457 g/mol. The number of hydrogen-bond acceptors (Lipinski definition) is 3. The maximum absolute atomic E-state index is 12.3. The van der Waals surface area contributed by atoms with Crippen molar-refractivity contribution in [1.82, 2.24) is 5.32 Å². The largest absolute Gasteiger partial charge is 0.332 e. The van der Waals surface area contributed by atoms with E-state index >= 15 is 0 Å². The standard InChI is InChI=1S/C22H17Cl2N3O2S/c23-15-6-11-18(19(24)13-15)21(29)27-22(30)26-17-9-7-16(8-10-17)25-20(28)12-14-4-2-1-3-5-14/h1-11,13H,12H2,(H,25,28)(H2,26,27,29,30). The molecule has 0 aliphatic carbocycles. The van der Waals surface area contributed by atoms with Crippen LogP contribution in [0.3, 0.4) is 0 Å². The van der Waals surface area contributed by atoms with Gasteiger partial charge in [-0.1, -0.05) is 53.5 Å². The van der Waals surface area contributed by atoms with Gasteiger partial charge in [0.2, 0.25) is 5.91 Å². The molecule has 3 rings (SSSR count). The Morgan fingerprint density at radius 2 is 1.47 bits per heavy atom. The Balaban J connectivity index is 1.52. The lowest BCUT2D eigenvalue weighted by Crippen LogP contribution is -2.34. The minimum atomic E-state index is -0.445. The Hall–Kier alpha value is -2.93. The zero-order valence-corrected chi connectivity index (χ0v) is 17.9. The van der Waals surface area contributed by atoms with Gasteiger partial charge in [-0.2, -0.15) is 0 Å². The fraction of sp³-hybridized carbons (Fsp3) is 0.0455. The molecule has 0 aliphatic rings. The van der Waals surface area contributed by atoms with Crippen LogP contribution in [-0.2, 0) is 11.2 Å². The van der Waals surface area contributed by atoms with Crippen LogP contribution in [-0.4, -0.2) is 16.9 Å². The molecule has 0 saturated carbocycles. The number of carbonyl (C=O) groups is 2. The first-order chi connectivity index (χ1) is 14.4. The number of hydrogen-bond donors (Lipinski definition) is 3. The Kier molecular flexibility index (Phi) is 7.41. The molecule has 0 unspecified atom stereocenters. The first-order valence-electron chi connectivity index (χ1n) is 8.92. The van der Waals surface area contributed by atoms with Gasteiger partial charge in [0, 0.05) is 16.4 Å². The third-order valence-corrected chi connectivity index (χ3v) is 4.79. The second-order valence-corrected chi connectivity index (χ2v) is 7.57. The summed E-state index contributed by atoms with van der Waals surface area (Å²) in [6.07, 6.45) is 0.296. The van der Waals surface area contributed by atoms with Crippen molar-refractivity contribution < 1.29 is 9.59 Å². The van der Waals surface area contributed by atoms with Crippen LogP contribution in [0.1, 0.15) is 15.9 Å². The molecule has 0 spiro atoms. The zero-order chi connectivity index (χ0) is 21.5. The van der Waals surface area contributed by atoms with Gasteiger partial charge in [0.15, 0.2) is 5.11 Å². The molecule has 8 heteroatoms. The summed E-state index contributed by atoms with van der Waals surface area (Å²) in [7, 11) is 0. The molecule has 5 nitrogen and oxygen atoms in total. The van der Waals surface area contributed by atoms with Crippen molar-refractivity contribution in [2.24, 2.45) is 0 Å². The van der Waals surface area contributed by atoms with Gasteiger partial charge < -0.3 is 10.6 Å². The predicted octanol–water partition coefficient (Wildman–Crippen LogP) is 5.30. The van der Waals surface area contributed by atoms with Gasteiger partial charge in [-0.05, 0) is 60.2 Å². The van der Waals surface area contributed by atoms with Crippen molar-refractivity contribution in [3.05, 3.63) is 94.0 Å². The molecule has 0 fully saturated rings. The maximum Gasteiger partial charge on any atom is 0.258 e. The number of benzene rings is 3. The molecule has 0 heterocycles. The number of amides is 2. The van der Waals surface area contributed by atoms with Crippen molar-refractivity contribution in [2.75, 3.05) is 10.6 Å². The maximum atomic E-state index is 12.3. The molecule has 0 bridgehead atoms. The molecule has 0 aliphatic heterocycles. The molecular formula is C22H17Cl2N3O2S. The van der Waals surface area contributed by atoms with Gasteiger partial charge in [-0.15, -0.1) is 0 Å². The Morgan fingerprint density at radius 3 is 2.10 bits per heavy atom. The van der Waals surface area contributed by atoms with E-state index in [2.05, 4.69) is 16.0 Å². The number of rotatable bonds is 5.